The van der Waals surface area contributed by atoms with E-state index in [1.807, 2.05) is 49.6 Å². The molecule has 4 aliphatic rings. The number of nitrogens with one attached hydrogen (secondary N) is 5. The minimum atomic E-state index is -2.88. The van der Waals surface area contributed by atoms with Crippen molar-refractivity contribution in [3.05, 3.63) is 118 Å². The third-order valence-electron chi connectivity index (χ3n) is 24.8. The molecule has 707 valence electrons. The van der Waals surface area contributed by atoms with Crippen LogP contribution in [-0.4, -0.2) is 341 Å². The molecule has 0 saturated carbocycles. The van der Waals surface area contributed by atoms with Crippen molar-refractivity contribution in [3.63, 3.8) is 0 Å². The molecule has 40 nitrogen and oxygen atoms in total. The SMILES string of the molecule is CCC(C)C(C(CC(=O)N1CCCC1C(OC)C(C)C(=O)NC(Cc1ccccc1)c1nccs1)OC)N(C)C(=O)C(NC(=O)C(C(C)C)N(C)CC(O)C(O)C(O)C(O)Cc1n[nH]nc1CCNC(=O)CCC(=O)N1Cc2ccccc2-c2c(nnn2CC(O)C(O)C2OC(OCC3OC(O)C(O)C(O)C3O)(C(=O)O)CC(O)C2NC(C)=O)-c2ccccc21)C(C)C.[Y]. The summed E-state index contributed by atoms with van der Waals surface area (Å²) in [7, 11) is 6.20. The summed E-state index contributed by atoms with van der Waals surface area (Å²) in [5, 5.41) is 166. The number of methoxy groups -OCH3 is 2. The maximum absolute atomic E-state index is 15.0. The van der Waals surface area contributed by atoms with Crippen molar-refractivity contribution in [2.75, 3.05) is 59.5 Å². The zero-order valence-corrected chi connectivity index (χ0v) is 78.2. The number of aromatic nitrogens is 7. The van der Waals surface area contributed by atoms with E-state index in [0.717, 1.165) is 17.5 Å². The first-order valence-electron chi connectivity index (χ1n) is 43.2. The molecule has 0 bridgehead atoms. The first-order chi connectivity index (χ1) is 60.8. The third kappa shape index (κ3) is 25.2. The van der Waals surface area contributed by atoms with E-state index in [1.165, 1.54) is 40.0 Å². The Balaban J connectivity index is 0.0000188. The van der Waals surface area contributed by atoms with Gasteiger partial charge in [-0.25, -0.2) is 14.5 Å². The second-order valence-corrected chi connectivity index (χ2v) is 35.3. The first kappa shape index (κ1) is 104. The second-order valence-electron chi connectivity index (χ2n) is 34.4. The van der Waals surface area contributed by atoms with Crippen LogP contribution in [-0.2, 0) is 127 Å². The largest absolute Gasteiger partial charge is 0.477 e. The number of carboxylic acids is 1. The Morgan fingerprint density at radius 3 is 2.09 bits per heavy atom. The minimum Gasteiger partial charge on any atom is -0.477 e. The van der Waals surface area contributed by atoms with Crippen LogP contribution in [0.15, 0.2) is 90.4 Å². The van der Waals surface area contributed by atoms with Crippen molar-refractivity contribution in [2.45, 2.75) is 266 Å². The smallest absolute Gasteiger partial charge is 0.364 e. The molecule has 0 aliphatic carbocycles. The molecular formula is C87H125N15O25SY. The fourth-order valence-electron chi connectivity index (χ4n) is 17.6. The predicted molar refractivity (Wildman–Crippen MR) is 460 cm³/mol. The number of thiazole rings is 1. The number of carbonyl (C=O) groups excluding carboxylic acids is 7. The van der Waals surface area contributed by atoms with Gasteiger partial charge in [0.05, 0.1) is 116 Å². The average Bonchev–Trinajstić information content (AvgIpc) is 1.65. The second kappa shape index (κ2) is 47.4. The number of nitrogens with zero attached hydrogens (tertiary/aromatic N) is 10. The van der Waals surface area contributed by atoms with E-state index in [1.54, 1.807) is 113 Å². The maximum Gasteiger partial charge on any atom is 0.364 e. The molecule has 3 aromatic heterocycles. The van der Waals surface area contributed by atoms with E-state index in [0.29, 0.717) is 60.3 Å². The van der Waals surface area contributed by atoms with Crippen molar-refractivity contribution < 1.29 is 156 Å². The van der Waals surface area contributed by atoms with Crippen molar-refractivity contribution in [1.82, 2.24) is 71.4 Å². The van der Waals surface area contributed by atoms with Gasteiger partial charge in [0.1, 0.15) is 71.7 Å². The number of carbonyl (C=O) groups is 8. The molecule has 3 saturated heterocycles. The Hall–Kier alpha value is -8.25. The first-order valence-corrected chi connectivity index (χ1v) is 44.1. The molecule has 24 atom stereocenters. The van der Waals surface area contributed by atoms with E-state index in [2.05, 4.69) is 52.0 Å². The average molecular weight is 1900 g/mol. The van der Waals surface area contributed by atoms with Crippen molar-refractivity contribution >= 4 is 64.3 Å². The number of likely N-dealkylation sites (tertiary alicyclic amines) is 1. The van der Waals surface area contributed by atoms with Crippen LogP contribution in [0.3, 0.4) is 0 Å². The summed E-state index contributed by atoms with van der Waals surface area (Å²) in [6.07, 6.45) is -24.1. The van der Waals surface area contributed by atoms with E-state index in [-0.39, 0.29) is 113 Å². The van der Waals surface area contributed by atoms with Gasteiger partial charge in [-0.15, -0.1) is 16.4 Å². The number of anilines is 1. The zero-order chi connectivity index (χ0) is 93.4. The molecule has 6 aromatic rings. The molecular weight excluding hydrogens is 1780 g/mol. The van der Waals surface area contributed by atoms with Crippen LogP contribution in [0.2, 0.25) is 0 Å². The molecule has 7 amide bonds. The topological polar surface area (TPSA) is 572 Å². The molecule has 0 spiro atoms. The summed E-state index contributed by atoms with van der Waals surface area (Å²) < 4.78 is 30.2. The van der Waals surface area contributed by atoms with Gasteiger partial charge in [0.25, 0.3) is 5.79 Å². The third-order valence-corrected chi connectivity index (χ3v) is 25.7. The van der Waals surface area contributed by atoms with Gasteiger partial charge < -0.3 is 121 Å². The number of ether oxygens (including phenoxy) is 5. The molecule has 129 heavy (non-hydrogen) atoms. The van der Waals surface area contributed by atoms with Crippen LogP contribution in [0.5, 0.6) is 0 Å². The molecule has 4 aliphatic heterocycles. The van der Waals surface area contributed by atoms with Crippen LogP contribution in [0.25, 0.3) is 22.5 Å². The number of amides is 7. The predicted octanol–water partition coefficient (Wildman–Crippen LogP) is -0.753. The van der Waals surface area contributed by atoms with Crippen LogP contribution in [0.4, 0.5) is 5.69 Å². The number of aliphatic hydroxyl groups excluding tert-OH is 11. The van der Waals surface area contributed by atoms with Gasteiger partial charge in [0.15, 0.2) is 6.29 Å². The number of hydrogen-bond acceptors (Lipinski definition) is 31. The van der Waals surface area contributed by atoms with E-state index < -0.39 is 213 Å². The van der Waals surface area contributed by atoms with Gasteiger partial charge in [-0.2, -0.15) is 15.4 Å². The number of carboxylic acid groups (broad SMARTS) is 1. The van der Waals surface area contributed by atoms with Gasteiger partial charge >= 0.3 is 5.97 Å². The van der Waals surface area contributed by atoms with Gasteiger partial charge in [-0.3, -0.25) is 38.5 Å². The molecule has 17 N–H and O–H groups in total. The number of H-pyrrole nitrogens is 1. The standard InChI is InChI=1S/C87H125N15O25S.Y/c1-13-46(6)71(62(123-11)38-66(110)100-34-21-28-57(100)79(124-12)47(7)81(117)91-55(83-89-33-35-128-83)36-49-22-15-14-16-23-49)99(10)84(119)67(44(2)3)92-82(118)70(45(4)5)98(9)41-60(106)74(112)73(111)58(104)37-54-53(93-96-94-54)31-32-88-64(108)29-30-65(109)101-40-50-24-17-18-25-51(50)72-68(52-26-19-20-27-56(52)101)95-97-102(72)42-61(107)75(113)80-69(90-48(8)103)59(105)39-87(127-80,86(121)122)125-43-63-76(114)77(115)78(116)85(120)126-63;/h14-20,22-27,33,35,44-47,55,57-63,67,69-71,73-80,85,104-107,111-116,120H,13,21,28-32,34,36-43H2,1-12H3,(H,88,108)(H,90,103)(H,91,117)(H,92,118)(H,121,122)(H,93,94,96);. The zero-order valence-electron chi connectivity index (χ0n) is 74.5. The molecule has 3 fully saturated rings. The van der Waals surface area contributed by atoms with E-state index in [4.69, 9.17) is 23.7 Å². The van der Waals surface area contributed by atoms with E-state index in [9.17, 15) is 94.8 Å². The monoisotopic (exact) mass is 1900 g/mol. The number of para-hydroxylation sites is 1. The number of benzene rings is 3. The van der Waals surface area contributed by atoms with Gasteiger partial charge in [0, 0.05) is 135 Å². The summed E-state index contributed by atoms with van der Waals surface area (Å²) in [5.41, 5.74) is 3.71. The number of aliphatic hydroxyl groups is 11. The number of rotatable bonds is 43. The molecule has 3 aromatic carbocycles. The quantitative estimate of drug-likeness (QED) is 0.0224. The number of hydrogen-bond donors (Lipinski definition) is 17. The summed E-state index contributed by atoms with van der Waals surface area (Å²) in [4.78, 5) is 123. The van der Waals surface area contributed by atoms with Crippen LogP contribution < -0.4 is 26.2 Å². The number of fused-ring (bicyclic) bond motifs is 5. The van der Waals surface area contributed by atoms with E-state index >= 15 is 4.79 Å². The molecule has 24 unspecified atom stereocenters. The summed E-state index contributed by atoms with van der Waals surface area (Å²) in [6, 6.07) is 18.2. The Morgan fingerprint density at radius 2 is 1.44 bits per heavy atom. The summed E-state index contributed by atoms with van der Waals surface area (Å²) in [5.74, 6) is -9.76. The fourth-order valence-corrected chi connectivity index (χ4v) is 18.3. The van der Waals surface area contributed by atoms with Crippen LogP contribution in [0.1, 0.15) is 134 Å². The molecule has 42 heteroatoms. The Labute approximate surface area is 777 Å². The van der Waals surface area contributed by atoms with Crippen molar-refractivity contribution in [3.8, 4) is 22.5 Å². The molecule has 1 radical (unpaired) electrons. The Morgan fingerprint density at radius 1 is 0.767 bits per heavy atom. The number of likely N-dealkylation sites (N-methyl/N-ethyl adjacent to an activating group) is 2. The number of aliphatic carboxylic acids is 1. The Kier molecular flexibility index (Phi) is 38.4. The van der Waals surface area contributed by atoms with Crippen LogP contribution in [0, 0.1) is 23.7 Å². The summed E-state index contributed by atoms with van der Waals surface area (Å²) in [6.45, 7) is 12.3. The molecule has 10 rings (SSSR count). The minimum absolute atomic E-state index is 0. The number of aromatic amines is 1. The van der Waals surface area contributed by atoms with Gasteiger partial charge in [-0.1, -0.05) is 133 Å². The van der Waals surface area contributed by atoms with Crippen molar-refractivity contribution in [1.29, 1.82) is 0 Å². The summed E-state index contributed by atoms with van der Waals surface area (Å²) >= 11 is 1.45. The molecule has 7 heterocycles. The van der Waals surface area contributed by atoms with Crippen LogP contribution >= 0.6 is 11.3 Å². The van der Waals surface area contributed by atoms with Crippen molar-refractivity contribution in [2.24, 2.45) is 23.7 Å². The maximum atomic E-state index is 15.0. The Bertz CT molecular complexity index is 4680. The normalized spacial score (nSPS) is 23.8. The van der Waals surface area contributed by atoms with Gasteiger partial charge in [-0.05, 0) is 61.3 Å². The van der Waals surface area contributed by atoms with Gasteiger partial charge in [0.2, 0.25) is 41.4 Å². The fraction of sp³-hybridized carbons (Fsp3) is 0.621.